The Bertz CT molecular complexity index is 906. The zero-order chi connectivity index (χ0) is 27.2. The summed E-state index contributed by atoms with van der Waals surface area (Å²) in [6.07, 6.45) is 20.2. The molecule has 38 heavy (non-hydrogen) atoms. The molecule has 0 atom stereocenters. The van der Waals surface area contributed by atoms with Gasteiger partial charge in [-0.2, -0.15) is 0 Å². The molecular weight excluding hydrogens is 458 g/mol. The lowest BCUT2D eigenvalue weighted by Gasteiger charge is -2.37. The van der Waals surface area contributed by atoms with Gasteiger partial charge in [0, 0.05) is 0 Å². The average molecular weight is 520 g/mol. The van der Waals surface area contributed by atoms with E-state index in [0.29, 0.717) is 0 Å². The summed E-state index contributed by atoms with van der Waals surface area (Å²) in [5.41, 5.74) is 8.36. The molecule has 0 aromatic heterocycles. The van der Waals surface area contributed by atoms with Gasteiger partial charge < -0.3 is 6.15 Å². The number of rotatable bonds is 6. The second kappa shape index (κ2) is 18.4. The van der Waals surface area contributed by atoms with Crippen LogP contribution >= 0.6 is 0 Å². The van der Waals surface area contributed by atoms with E-state index in [2.05, 4.69) is 90.1 Å². The fourth-order valence-electron chi connectivity index (χ4n) is 6.44. The van der Waals surface area contributed by atoms with E-state index in [0.717, 1.165) is 23.7 Å². The Labute approximate surface area is 237 Å². The quantitative estimate of drug-likeness (QED) is 0.404. The zero-order valence-corrected chi connectivity index (χ0v) is 26.4. The van der Waals surface area contributed by atoms with E-state index in [4.69, 9.17) is 0 Å². The molecule has 0 saturated heterocycles. The van der Waals surface area contributed by atoms with Gasteiger partial charge in [-0.05, 0) is 116 Å². The lowest BCUT2D eigenvalue weighted by molar-refractivity contribution is 0.148. The molecule has 2 aromatic carbocycles. The highest BCUT2D eigenvalue weighted by atomic mass is 14.3. The van der Waals surface area contributed by atoms with Gasteiger partial charge in [0.25, 0.3) is 0 Å². The number of allylic oxidation sites excluding steroid dienone is 1. The topological polar surface area (TPSA) is 35.0 Å². The lowest BCUT2D eigenvalue weighted by Crippen LogP contribution is -2.25. The van der Waals surface area contributed by atoms with Crippen LogP contribution in [0.2, 0.25) is 0 Å². The van der Waals surface area contributed by atoms with E-state index < -0.39 is 0 Å². The maximum atomic E-state index is 2.45. The van der Waals surface area contributed by atoms with E-state index in [1.54, 1.807) is 0 Å². The molecule has 2 aromatic rings. The molecule has 2 fully saturated rings. The van der Waals surface area contributed by atoms with Crippen LogP contribution in [0.4, 0.5) is 0 Å². The van der Waals surface area contributed by atoms with Gasteiger partial charge in [0.2, 0.25) is 0 Å². The second-order valence-electron chi connectivity index (χ2n) is 11.7. The lowest BCUT2D eigenvalue weighted by atomic mass is 9.69. The zero-order valence-electron chi connectivity index (χ0n) is 26.4. The highest BCUT2D eigenvalue weighted by molar-refractivity contribution is 5.72. The Hall–Kier alpha value is -1.86. The number of benzene rings is 2. The molecule has 0 spiro atoms. The van der Waals surface area contributed by atoms with Gasteiger partial charge in [-0.3, -0.25) is 0 Å². The van der Waals surface area contributed by atoms with Crippen LogP contribution < -0.4 is 6.15 Å². The highest BCUT2D eigenvalue weighted by Crippen LogP contribution is 2.42. The molecule has 1 heteroatoms. The predicted octanol–water partition coefficient (Wildman–Crippen LogP) is 12.2. The number of hydrogen-bond acceptors (Lipinski definition) is 1. The van der Waals surface area contributed by atoms with Crippen LogP contribution in [-0.2, 0) is 6.42 Å². The van der Waals surface area contributed by atoms with Gasteiger partial charge in [0.15, 0.2) is 0 Å². The summed E-state index contributed by atoms with van der Waals surface area (Å²) < 4.78 is 0. The maximum absolute atomic E-state index is 2.45. The average Bonchev–Trinajstić information content (AvgIpc) is 2.93. The van der Waals surface area contributed by atoms with Crippen LogP contribution in [0.25, 0.3) is 17.2 Å². The van der Waals surface area contributed by atoms with Gasteiger partial charge in [-0.25, -0.2) is 0 Å². The minimum absolute atomic E-state index is 0. The molecule has 0 aliphatic heterocycles. The molecule has 4 rings (SSSR count). The molecule has 1 nitrogen and oxygen atoms in total. The third kappa shape index (κ3) is 10.0. The number of aryl methyl sites for hydroxylation is 1. The number of hydrogen-bond donors (Lipinski definition) is 1. The molecule has 0 bridgehead atoms. The fraction of sp³-hybridized carbons (Fsp3) is 0.622. The van der Waals surface area contributed by atoms with Crippen molar-refractivity contribution >= 4 is 6.08 Å². The predicted molar refractivity (Wildman–Crippen MR) is 173 cm³/mol. The smallest absolute Gasteiger partial charge is 0.0152 e. The van der Waals surface area contributed by atoms with Crippen LogP contribution in [0.3, 0.4) is 0 Å². The van der Waals surface area contributed by atoms with Crippen molar-refractivity contribution in [3.8, 4) is 11.1 Å². The third-order valence-electron chi connectivity index (χ3n) is 8.90. The largest absolute Gasteiger partial charge is 0.344 e. The Morgan fingerprint density at radius 1 is 0.737 bits per heavy atom. The molecule has 2 aliphatic carbocycles. The normalized spacial score (nSPS) is 22.9. The minimum atomic E-state index is 0. The molecule has 0 heterocycles. The van der Waals surface area contributed by atoms with Crippen LogP contribution in [0, 0.1) is 37.5 Å². The molecule has 0 radical (unpaired) electrons. The SMILES string of the molecule is C/C=C/c1ccc(-c2ccc(CCC3CCC(C4CCC(C)CC4)CC3)cc2)c(C)c1C.CC.CCC.N. The minimum Gasteiger partial charge on any atom is -0.344 e. The Kier molecular flexibility index (Phi) is 16.6. The third-order valence-corrected chi connectivity index (χ3v) is 8.90. The van der Waals surface area contributed by atoms with Gasteiger partial charge in [0.1, 0.15) is 0 Å². The molecule has 3 N–H and O–H groups in total. The Morgan fingerprint density at radius 2 is 1.26 bits per heavy atom. The highest BCUT2D eigenvalue weighted by Gasteiger charge is 2.29. The van der Waals surface area contributed by atoms with Crippen molar-refractivity contribution in [1.82, 2.24) is 6.15 Å². The first-order valence-corrected chi connectivity index (χ1v) is 15.8. The van der Waals surface area contributed by atoms with Gasteiger partial charge in [-0.1, -0.05) is 115 Å². The summed E-state index contributed by atoms with van der Waals surface area (Å²) in [6, 6.07) is 14.0. The second-order valence-corrected chi connectivity index (χ2v) is 11.7. The summed E-state index contributed by atoms with van der Waals surface area (Å²) in [5.74, 6) is 4.04. The van der Waals surface area contributed by atoms with Gasteiger partial charge >= 0.3 is 0 Å². The van der Waals surface area contributed by atoms with E-state index >= 15 is 0 Å². The molecule has 214 valence electrons. The molecule has 0 unspecified atom stereocenters. The summed E-state index contributed by atoms with van der Waals surface area (Å²) in [4.78, 5) is 0. The first-order valence-electron chi connectivity index (χ1n) is 15.8. The Morgan fingerprint density at radius 3 is 1.79 bits per heavy atom. The van der Waals surface area contributed by atoms with Crippen molar-refractivity contribution < 1.29 is 0 Å². The van der Waals surface area contributed by atoms with Crippen molar-refractivity contribution in [1.29, 1.82) is 0 Å². The molecule has 2 saturated carbocycles. The van der Waals surface area contributed by atoms with Crippen molar-refractivity contribution in [2.45, 2.75) is 126 Å². The summed E-state index contributed by atoms with van der Waals surface area (Å²) in [5, 5.41) is 0. The molecule has 2 aliphatic rings. The van der Waals surface area contributed by atoms with E-state index in [-0.39, 0.29) is 6.15 Å². The Balaban J connectivity index is 0.00000112. The van der Waals surface area contributed by atoms with Gasteiger partial charge in [0.05, 0.1) is 0 Å². The van der Waals surface area contributed by atoms with E-state index in [1.165, 1.54) is 104 Å². The summed E-state index contributed by atoms with van der Waals surface area (Å²) in [7, 11) is 0. The van der Waals surface area contributed by atoms with Crippen molar-refractivity contribution in [3.05, 3.63) is 64.7 Å². The maximum Gasteiger partial charge on any atom is -0.0152 e. The molecule has 0 amide bonds. The van der Waals surface area contributed by atoms with Crippen molar-refractivity contribution in [2.75, 3.05) is 0 Å². The van der Waals surface area contributed by atoms with Crippen molar-refractivity contribution in [2.24, 2.45) is 23.7 Å². The van der Waals surface area contributed by atoms with Crippen LogP contribution in [-0.4, -0.2) is 0 Å². The van der Waals surface area contributed by atoms with Crippen LogP contribution in [0.15, 0.2) is 42.5 Å². The monoisotopic (exact) mass is 519 g/mol. The van der Waals surface area contributed by atoms with Crippen LogP contribution in [0.5, 0.6) is 0 Å². The van der Waals surface area contributed by atoms with E-state index in [1.807, 2.05) is 13.8 Å². The standard InChI is InChI=1S/C32H44.C3H8.C2H6.H3N/c1-5-6-28-21-22-32(25(4)24(28)3)31-19-13-27(14-20-31)10-9-26-11-17-30(18-12-26)29-15-7-23(2)8-16-29;1-3-2;1-2;/h5-6,13-14,19-23,26,29-30H,7-12,15-18H2,1-4H3;3H2,1-2H3;1-2H3;1H3/b6-5+;;;. The van der Waals surface area contributed by atoms with E-state index in [9.17, 15) is 0 Å². The first-order chi connectivity index (χ1) is 18.0. The fourth-order valence-corrected chi connectivity index (χ4v) is 6.44. The summed E-state index contributed by atoms with van der Waals surface area (Å²) in [6.45, 7) is 17.3. The van der Waals surface area contributed by atoms with Crippen LogP contribution in [0.1, 0.15) is 128 Å². The van der Waals surface area contributed by atoms with Gasteiger partial charge in [-0.15, -0.1) is 0 Å². The van der Waals surface area contributed by atoms with Crippen molar-refractivity contribution in [3.63, 3.8) is 0 Å². The molecular formula is C37H61N. The summed E-state index contributed by atoms with van der Waals surface area (Å²) >= 11 is 0. The first kappa shape index (κ1) is 34.2.